The molecule has 0 aromatic carbocycles. The van der Waals surface area contributed by atoms with Crippen LogP contribution in [0.3, 0.4) is 0 Å². The van der Waals surface area contributed by atoms with Crippen LogP contribution in [0.2, 0.25) is 36.3 Å². The van der Waals surface area contributed by atoms with Gasteiger partial charge in [0.1, 0.15) is 18.3 Å². The van der Waals surface area contributed by atoms with E-state index in [2.05, 4.69) is 74.3 Å². The molecular formula is C32H56Cl2O7Si2. The Labute approximate surface area is 272 Å². The maximum atomic E-state index is 12.0. The van der Waals surface area contributed by atoms with Crippen LogP contribution in [0.1, 0.15) is 88.5 Å². The maximum absolute atomic E-state index is 12.0. The number of carbonyl (C=O) groups excluding carboxylic acids is 1. The molecule has 5 aliphatic rings. The Bertz CT molecular complexity index is 1120. The summed E-state index contributed by atoms with van der Waals surface area (Å²) >= 11 is 12.9. The molecule has 0 aromatic heterocycles. The summed E-state index contributed by atoms with van der Waals surface area (Å²) in [5.74, 6) is -1.38. The van der Waals surface area contributed by atoms with Crippen molar-refractivity contribution in [1.29, 1.82) is 0 Å². The second kappa shape index (κ2) is 10.9. The van der Waals surface area contributed by atoms with E-state index < -0.39 is 38.0 Å². The van der Waals surface area contributed by atoms with Crippen molar-refractivity contribution < 1.29 is 32.6 Å². The largest absolute Gasteiger partial charge is 0.411 e. The molecule has 0 N–H and O–H groups in total. The molecule has 2 saturated heterocycles. The molecule has 0 unspecified atom stereocenters. The molecule has 0 radical (unpaired) electrons. The molecule has 248 valence electrons. The van der Waals surface area contributed by atoms with Crippen molar-refractivity contribution in [2.75, 3.05) is 0 Å². The predicted octanol–water partition coefficient (Wildman–Crippen LogP) is 8.29. The van der Waals surface area contributed by atoms with Crippen molar-refractivity contribution in [3.05, 3.63) is 12.2 Å². The van der Waals surface area contributed by atoms with E-state index in [9.17, 15) is 4.79 Å². The van der Waals surface area contributed by atoms with Gasteiger partial charge >= 0.3 is 0 Å². The minimum absolute atomic E-state index is 0.00442. The lowest BCUT2D eigenvalue weighted by Crippen LogP contribution is -2.62. The fourth-order valence-corrected chi connectivity index (χ4v) is 9.73. The minimum Gasteiger partial charge on any atom is -0.411 e. The Morgan fingerprint density at radius 1 is 0.791 bits per heavy atom. The van der Waals surface area contributed by atoms with Gasteiger partial charge in [-0.15, -0.1) is 0 Å². The Balaban J connectivity index is 0.000000203. The van der Waals surface area contributed by atoms with Crippen LogP contribution >= 0.6 is 23.2 Å². The number of halogens is 2. The SMILES string of the molecule is C=C1C[C@H](O[Si](C)(C)C(C)(C)C)[C@@H]2OC(C)(C)O[C@H]12.CC1(C)O[C@H]2[C@@H](O[Si](C)(C)C(C)(C)C)C[C@@]3(CC(=O)C3(Cl)Cl)[C@H]2O1. The third kappa shape index (κ3) is 6.40. The summed E-state index contributed by atoms with van der Waals surface area (Å²) in [4.78, 5) is 12.0. The van der Waals surface area contributed by atoms with Crippen molar-refractivity contribution in [3.8, 4) is 0 Å². The normalized spacial score (nSPS) is 38.0. The van der Waals surface area contributed by atoms with Gasteiger partial charge in [-0.3, -0.25) is 4.79 Å². The summed E-state index contributed by atoms with van der Waals surface area (Å²) in [5.41, 5.74) is 0.498. The highest BCUT2D eigenvalue weighted by molar-refractivity contribution is 6.74. The fourth-order valence-electron chi connectivity index (χ4n) is 6.43. The van der Waals surface area contributed by atoms with E-state index in [0.29, 0.717) is 12.8 Å². The number of ketones is 1. The van der Waals surface area contributed by atoms with Crippen LogP contribution in [-0.2, 0) is 32.6 Å². The van der Waals surface area contributed by atoms with E-state index in [-0.39, 0.29) is 52.5 Å². The van der Waals surface area contributed by atoms with Crippen LogP contribution in [0.25, 0.3) is 0 Å². The number of Topliss-reactive ketones (excluding diaryl/α,β-unsaturated/α-hetero) is 1. The molecule has 0 amide bonds. The lowest BCUT2D eigenvalue weighted by molar-refractivity contribution is -0.184. The summed E-state index contributed by atoms with van der Waals surface area (Å²) < 4.78 is 36.0. The Hall–Kier alpha value is 0.184. The fraction of sp³-hybridized carbons (Fsp3) is 0.906. The summed E-state index contributed by atoms with van der Waals surface area (Å²) in [6.07, 6.45) is 1.21. The van der Waals surface area contributed by atoms with E-state index >= 15 is 0 Å². The summed E-state index contributed by atoms with van der Waals surface area (Å²) in [6, 6.07) is 0. The van der Waals surface area contributed by atoms with Gasteiger partial charge < -0.3 is 27.8 Å². The van der Waals surface area contributed by atoms with Crippen molar-refractivity contribution in [1.82, 2.24) is 0 Å². The molecule has 11 heteroatoms. The van der Waals surface area contributed by atoms with Crippen LogP contribution in [0, 0.1) is 5.41 Å². The molecule has 5 fully saturated rings. The lowest BCUT2D eigenvalue weighted by atomic mass is 9.64. The van der Waals surface area contributed by atoms with E-state index in [1.54, 1.807) is 0 Å². The van der Waals surface area contributed by atoms with Gasteiger partial charge in [-0.1, -0.05) is 71.3 Å². The zero-order chi connectivity index (χ0) is 33.0. The maximum Gasteiger partial charge on any atom is 0.192 e. The Morgan fingerprint density at radius 3 is 1.72 bits per heavy atom. The minimum atomic E-state index is -2.00. The average Bonchev–Trinajstić information content (AvgIpc) is 3.46. The van der Waals surface area contributed by atoms with Gasteiger partial charge in [-0.2, -0.15) is 0 Å². The van der Waals surface area contributed by atoms with Crippen molar-refractivity contribution in [3.63, 3.8) is 0 Å². The quantitative estimate of drug-likeness (QED) is 0.168. The number of ether oxygens (including phenoxy) is 4. The smallest absolute Gasteiger partial charge is 0.192 e. The molecule has 43 heavy (non-hydrogen) atoms. The average molecular weight is 680 g/mol. The molecular weight excluding hydrogens is 623 g/mol. The highest BCUT2D eigenvalue weighted by Gasteiger charge is 2.76. The summed E-state index contributed by atoms with van der Waals surface area (Å²) in [6.45, 7) is 34.2. The van der Waals surface area contributed by atoms with Crippen LogP contribution in [-0.4, -0.2) is 74.9 Å². The third-order valence-corrected chi connectivity index (χ3v) is 21.1. The van der Waals surface area contributed by atoms with E-state index in [4.69, 9.17) is 51.0 Å². The first kappa shape index (κ1) is 36.0. The molecule has 0 bridgehead atoms. The van der Waals surface area contributed by atoms with Crippen molar-refractivity contribution >= 4 is 45.6 Å². The Kier molecular flexibility index (Phi) is 9.10. The number of carbonyl (C=O) groups is 1. The second-order valence-corrected chi connectivity index (χ2v) is 28.1. The molecule has 3 aliphatic carbocycles. The Morgan fingerprint density at radius 2 is 1.26 bits per heavy atom. The van der Waals surface area contributed by atoms with Gasteiger partial charge in [0.15, 0.2) is 38.3 Å². The standard InChI is InChI=1S/C17H28Cl2O4Si.C15H28O3Si/c1-14(2,3)24(6,7)23-10-8-16(9-11(20)17(16,18)19)13-12(10)21-15(4,5)22-13;1-10-9-11(18-19(7,8)14(2,3)4)13-12(10)16-15(5,6)17-13/h10,12-13H,8-9H2,1-7H3;11-13H,1,9H2,2-8H3/t10-,12-,13-,16+;11-,12+,13-/m00/s1. The van der Waals surface area contributed by atoms with Gasteiger partial charge in [-0.25, -0.2) is 0 Å². The second-order valence-electron chi connectivity index (χ2n) is 17.3. The number of hydrogen-bond acceptors (Lipinski definition) is 7. The van der Waals surface area contributed by atoms with Crippen LogP contribution in [0.4, 0.5) is 0 Å². The van der Waals surface area contributed by atoms with E-state index in [1.165, 1.54) is 0 Å². The third-order valence-electron chi connectivity index (χ3n) is 10.9. The molecule has 1 spiro atoms. The number of fused-ring (bicyclic) bond motifs is 3. The molecule has 3 saturated carbocycles. The molecule has 2 aliphatic heterocycles. The van der Waals surface area contributed by atoms with E-state index in [0.717, 1.165) is 12.0 Å². The highest BCUT2D eigenvalue weighted by Crippen LogP contribution is 2.67. The van der Waals surface area contributed by atoms with Crippen molar-refractivity contribution in [2.45, 2.75) is 177 Å². The molecule has 2 heterocycles. The van der Waals surface area contributed by atoms with Gasteiger partial charge in [-0.05, 0) is 82.4 Å². The monoisotopic (exact) mass is 678 g/mol. The lowest BCUT2D eigenvalue weighted by Gasteiger charge is -2.51. The zero-order valence-corrected chi connectivity index (χ0v) is 32.4. The number of alkyl halides is 2. The van der Waals surface area contributed by atoms with Gasteiger partial charge in [0.2, 0.25) is 0 Å². The van der Waals surface area contributed by atoms with Gasteiger partial charge in [0.05, 0.1) is 18.3 Å². The van der Waals surface area contributed by atoms with Crippen molar-refractivity contribution in [2.24, 2.45) is 5.41 Å². The highest BCUT2D eigenvalue weighted by atomic mass is 35.5. The van der Waals surface area contributed by atoms with Crippen LogP contribution in [0.5, 0.6) is 0 Å². The van der Waals surface area contributed by atoms with Crippen LogP contribution < -0.4 is 0 Å². The molecule has 0 aromatic rings. The first-order chi connectivity index (χ1) is 19.1. The number of hydrogen-bond donors (Lipinski definition) is 0. The van der Waals surface area contributed by atoms with Gasteiger partial charge in [0, 0.05) is 11.8 Å². The topological polar surface area (TPSA) is 72.5 Å². The number of rotatable bonds is 4. The molecule has 5 rings (SSSR count). The zero-order valence-electron chi connectivity index (χ0n) is 28.9. The van der Waals surface area contributed by atoms with E-state index in [1.807, 2.05) is 27.7 Å². The first-order valence-corrected chi connectivity index (χ1v) is 22.3. The summed E-state index contributed by atoms with van der Waals surface area (Å²) in [7, 11) is -3.78. The van der Waals surface area contributed by atoms with Crippen LogP contribution in [0.15, 0.2) is 12.2 Å². The van der Waals surface area contributed by atoms with Gasteiger partial charge in [0.25, 0.3) is 0 Å². The first-order valence-electron chi connectivity index (χ1n) is 15.7. The summed E-state index contributed by atoms with van der Waals surface area (Å²) in [5, 5.41) is 0.295. The predicted molar refractivity (Wildman–Crippen MR) is 177 cm³/mol. The molecule has 7 nitrogen and oxygen atoms in total. The molecule has 7 atom stereocenters.